The average Bonchev–Trinajstić information content (AvgIpc) is 1.41. The molecule has 0 spiro atoms. The fraction of sp³-hybridized carbons (Fsp3) is 0.673. The lowest BCUT2D eigenvalue weighted by Crippen LogP contribution is -2.53. The Kier molecular flexibility index (Phi) is 31.8. The summed E-state index contributed by atoms with van der Waals surface area (Å²) in [5.74, 6) is -9.58. The van der Waals surface area contributed by atoms with Crippen LogP contribution in [0.25, 0.3) is 0 Å². The minimum atomic E-state index is -1.72. The predicted molar refractivity (Wildman–Crippen MR) is 302 cm³/mol. The van der Waals surface area contributed by atoms with Crippen molar-refractivity contribution < 1.29 is 102 Å². The Morgan fingerprint density at radius 3 is 1.38 bits per heavy atom. The molecule has 36 heteroatoms. The van der Waals surface area contributed by atoms with Crippen LogP contribution in [0.2, 0.25) is 0 Å². The van der Waals surface area contributed by atoms with Gasteiger partial charge in [-0.1, -0.05) is 17.4 Å². The molecule has 10 atom stereocenters. The number of carbonyl (C=O) groups excluding carboxylic acids is 5. The van der Waals surface area contributed by atoms with Crippen molar-refractivity contribution in [2.45, 2.75) is 121 Å². The van der Waals surface area contributed by atoms with E-state index in [1.54, 1.807) is 12.4 Å². The second-order valence-electron chi connectivity index (χ2n) is 20.2. The standard InChI is InChI=1S/C52H83N15O21/c1-4-10-81-12-14-83-16-17-84-15-13-82-11-5-44(76)65(22-32-24-66(63-61-32)8-6-57-42(74)28-85-47(38(72)26-68)45-34(18-30(2)70)36(59-51(53)54)20-40(87-45)49(77)78)23-33-25-67(64-62-33)9-7-58-43(75)29-86-48(39(73)27-69)46-35(19-31(3)71)37(60-52(55)56)21-41(88-46)50(79)80/h20-21,24-25,34-39,45-48,68-69,72-73H,4-19,22-23,26-29H2,1-3H3,(H,57,74)(H,58,75)(H,77,78)(H,79,80)(H4,53,54,59)(H4,55,56,60)/t34-,35-,36+,37+,38-,39-,45-,46-,47-,48-/m1/s1. The molecule has 2 aromatic rings. The number of aliphatic imine (C=N–C) groups is 2. The van der Waals surface area contributed by atoms with Crippen molar-refractivity contribution in [1.82, 2.24) is 45.5 Å². The molecule has 0 saturated carbocycles. The molecule has 16 N–H and O–H groups in total. The minimum absolute atomic E-state index is 0.0345. The number of hydrogen-bond donors (Lipinski definition) is 12. The molecule has 2 aliphatic rings. The van der Waals surface area contributed by atoms with E-state index in [1.165, 1.54) is 28.1 Å². The van der Waals surface area contributed by atoms with Gasteiger partial charge in [-0.15, -0.1) is 10.2 Å². The van der Waals surface area contributed by atoms with Gasteiger partial charge in [0.2, 0.25) is 29.2 Å². The van der Waals surface area contributed by atoms with E-state index in [0.29, 0.717) is 44.4 Å². The second kappa shape index (κ2) is 38.5. The van der Waals surface area contributed by atoms with Gasteiger partial charge >= 0.3 is 11.9 Å². The third-order valence-corrected chi connectivity index (χ3v) is 13.0. The molecular formula is C52H83N15O21. The Balaban J connectivity index is 1.37. The summed E-state index contributed by atoms with van der Waals surface area (Å²) in [5.41, 5.74) is 23.0. The lowest BCUT2D eigenvalue weighted by molar-refractivity contribution is -0.162. The highest BCUT2D eigenvalue weighted by molar-refractivity contribution is 5.86. The molecule has 2 aromatic heterocycles. The number of aliphatic hydroxyl groups excluding tert-OH is 4. The molecule has 4 rings (SSSR count). The summed E-state index contributed by atoms with van der Waals surface area (Å²) in [6.45, 7) is 4.01. The number of aliphatic carboxylic acids is 2. The molecular weight excluding hydrogens is 1170 g/mol. The van der Waals surface area contributed by atoms with E-state index in [4.69, 9.17) is 60.8 Å². The second-order valence-corrected chi connectivity index (χ2v) is 20.2. The van der Waals surface area contributed by atoms with E-state index in [2.05, 4.69) is 41.2 Å². The molecule has 0 radical (unpaired) electrons. The number of nitrogens with one attached hydrogen (secondary N) is 2. The summed E-state index contributed by atoms with van der Waals surface area (Å²) in [6.07, 6.45) is -3.75. The van der Waals surface area contributed by atoms with Crippen LogP contribution in [-0.2, 0) is 97.6 Å². The predicted octanol–water partition coefficient (Wildman–Crippen LogP) is -5.82. The number of carboxylic acids is 2. The number of Topliss-reactive ketones (excluding diaryl/α,β-unsaturated/α-hetero) is 2. The van der Waals surface area contributed by atoms with E-state index >= 15 is 0 Å². The zero-order valence-electron chi connectivity index (χ0n) is 49.3. The number of nitrogens with two attached hydrogens (primary N) is 4. The van der Waals surface area contributed by atoms with Gasteiger partial charge in [-0.2, -0.15) is 0 Å². The topological polar surface area (TPSA) is 532 Å². The maximum absolute atomic E-state index is 13.8. The monoisotopic (exact) mass is 1250 g/mol. The number of carbonyl (C=O) groups is 7. The Morgan fingerprint density at radius 1 is 0.636 bits per heavy atom. The first-order chi connectivity index (χ1) is 42.0. The third kappa shape index (κ3) is 25.5. The van der Waals surface area contributed by atoms with Crippen molar-refractivity contribution in [3.63, 3.8) is 0 Å². The molecule has 0 saturated heterocycles. The zero-order chi connectivity index (χ0) is 64.7. The fourth-order valence-electron chi connectivity index (χ4n) is 9.12. The van der Waals surface area contributed by atoms with Gasteiger partial charge < -0.3 is 117 Å². The van der Waals surface area contributed by atoms with Gasteiger partial charge in [0.1, 0.15) is 72.8 Å². The number of nitrogens with zero attached hydrogens (tertiary/aromatic N) is 9. The van der Waals surface area contributed by atoms with Gasteiger partial charge in [-0.05, 0) is 32.4 Å². The number of carboxylic acid groups (broad SMARTS) is 2. The van der Waals surface area contributed by atoms with Gasteiger partial charge in [0.15, 0.2) is 11.9 Å². The summed E-state index contributed by atoms with van der Waals surface area (Å²) in [6, 6.07) is -2.22. The van der Waals surface area contributed by atoms with Crippen LogP contribution >= 0.6 is 0 Å². The molecule has 2 aliphatic heterocycles. The van der Waals surface area contributed by atoms with Crippen molar-refractivity contribution >= 4 is 53.1 Å². The van der Waals surface area contributed by atoms with E-state index in [0.717, 1.165) is 18.6 Å². The van der Waals surface area contributed by atoms with Gasteiger partial charge in [0.05, 0.1) is 117 Å². The highest BCUT2D eigenvalue weighted by atomic mass is 16.6. The molecule has 0 bridgehead atoms. The van der Waals surface area contributed by atoms with E-state index in [9.17, 15) is 64.2 Å². The number of amides is 3. The lowest BCUT2D eigenvalue weighted by atomic mass is 9.82. The van der Waals surface area contributed by atoms with Gasteiger partial charge in [0.25, 0.3) is 0 Å². The third-order valence-electron chi connectivity index (χ3n) is 13.0. The number of aromatic nitrogens is 6. The number of rotatable bonds is 44. The normalized spacial score (nSPS) is 19.5. The van der Waals surface area contributed by atoms with E-state index < -0.39 is 134 Å². The first-order valence-corrected chi connectivity index (χ1v) is 28.1. The van der Waals surface area contributed by atoms with Crippen LogP contribution in [0.3, 0.4) is 0 Å². The first kappa shape index (κ1) is 72.7. The Hall–Kier alpha value is -7.81. The number of ether oxygens (including phenoxy) is 8. The summed E-state index contributed by atoms with van der Waals surface area (Å²) in [4.78, 5) is 98.1. The molecule has 36 nitrogen and oxygen atoms in total. The van der Waals surface area contributed by atoms with Crippen molar-refractivity contribution in [1.29, 1.82) is 0 Å². The van der Waals surface area contributed by atoms with Crippen LogP contribution in [0, 0.1) is 11.8 Å². The van der Waals surface area contributed by atoms with Gasteiger partial charge in [-0.25, -0.2) is 19.6 Å². The Morgan fingerprint density at radius 2 is 1.02 bits per heavy atom. The SMILES string of the molecule is CCCOCCOCCOCCOCCC(=O)N(Cc1cn(CCNC(=O)CO[C@@H]([C@@H]2OC(C(=O)O)=C[C@H](N=C(N)N)[C@H]2CC(C)=O)[C@H](O)CO)nn1)Cc1cn(CCNC(=O)CO[C@@H]([C@@H]2OC(C(=O)O)=C[C@H](N=C(N)N)[C@H]2CC(C)=O)[C@H](O)CO)nn1. The van der Waals surface area contributed by atoms with Crippen LogP contribution in [0.4, 0.5) is 0 Å². The molecule has 0 fully saturated rings. The van der Waals surface area contributed by atoms with Crippen LogP contribution < -0.4 is 33.6 Å². The van der Waals surface area contributed by atoms with Crippen molar-refractivity contribution in [2.75, 3.05) is 92.4 Å². The Bertz CT molecular complexity index is 2520. The maximum Gasteiger partial charge on any atom is 0.370 e. The van der Waals surface area contributed by atoms with Crippen molar-refractivity contribution in [3.05, 3.63) is 47.5 Å². The average molecular weight is 1250 g/mol. The molecule has 0 aromatic carbocycles. The summed E-state index contributed by atoms with van der Waals surface area (Å²) >= 11 is 0. The molecule has 492 valence electrons. The first-order valence-electron chi connectivity index (χ1n) is 28.1. The van der Waals surface area contributed by atoms with Crippen LogP contribution in [0.15, 0.2) is 46.0 Å². The van der Waals surface area contributed by atoms with Crippen LogP contribution in [0.1, 0.15) is 57.8 Å². The lowest BCUT2D eigenvalue weighted by Gasteiger charge is -2.39. The number of ketones is 2. The maximum atomic E-state index is 13.8. The molecule has 0 aliphatic carbocycles. The van der Waals surface area contributed by atoms with Crippen molar-refractivity contribution in [3.8, 4) is 0 Å². The summed E-state index contributed by atoms with van der Waals surface area (Å²) in [5, 5.41) is 82.8. The van der Waals surface area contributed by atoms with Gasteiger partial charge in [-0.3, -0.25) is 23.7 Å². The summed E-state index contributed by atoms with van der Waals surface area (Å²) < 4.78 is 47.6. The highest BCUT2D eigenvalue weighted by Crippen LogP contribution is 2.35. The molecule has 4 heterocycles. The highest BCUT2D eigenvalue weighted by Gasteiger charge is 2.47. The largest absolute Gasteiger partial charge is 0.480 e. The number of aliphatic hydroxyl groups is 4. The molecule has 88 heavy (non-hydrogen) atoms. The molecule has 3 amide bonds. The summed E-state index contributed by atoms with van der Waals surface area (Å²) in [7, 11) is 0. The Labute approximate surface area is 505 Å². The van der Waals surface area contributed by atoms with E-state index in [1.807, 2.05) is 6.92 Å². The van der Waals surface area contributed by atoms with Crippen molar-refractivity contribution in [2.24, 2.45) is 44.8 Å². The zero-order valence-corrected chi connectivity index (χ0v) is 49.3. The number of guanidine groups is 2. The number of hydrogen-bond acceptors (Lipinski definition) is 25. The fourth-order valence-corrected chi connectivity index (χ4v) is 9.12. The molecule has 0 unspecified atom stereocenters. The smallest absolute Gasteiger partial charge is 0.370 e. The van der Waals surface area contributed by atoms with Crippen LogP contribution in [0.5, 0.6) is 0 Å². The van der Waals surface area contributed by atoms with Gasteiger partial charge in [0, 0.05) is 44.4 Å². The minimum Gasteiger partial charge on any atom is -0.480 e. The quantitative estimate of drug-likeness (QED) is 0.0167. The van der Waals surface area contributed by atoms with E-state index in [-0.39, 0.29) is 95.8 Å². The van der Waals surface area contributed by atoms with Crippen LogP contribution in [-0.4, -0.2) is 260 Å².